The van der Waals surface area contributed by atoms with Crippen LogP contribution in [0.3, 0.4) is 0 Å². The first kappa shape index (κ1) is 39.9. The molecule has 7 rings (SSSR count). The molecule has 0 unspecified atom stereocenters. The van der Waals surface area contributed by atoms with Crippen LogP contribution in [0.15, 0.2) is 97.1 Å². The summed E-state index contributed by atoms with van der Waals surface area (Å²) in [6.45, 7) is 2.02. The minimum atomic E-state index is -5.03. The van der Waals surface area contributed by atoms with Crippen LogP contribution in [0.2, 0.25) is 5.02 Å². The van der Waals surface area contributed by atoms with E-state index in [1.807, 2.05) is 84.9 Å². The molecule has 3 fully saturated rings. The van der Waals surface area contributed by atoms with Crippen LogP contribution in [-0.2, 0) is 37.8 Å². The average Bonchev–Trinajstić information content (AvgIpc) is 3.71. The van der Waals surface area contributed by atoms with Gasteiger partial charge in [0.25, 0.3) is 0 Å². The van der Waals surface area contributed by atoms with E-state index in [0.29, 0.717) is 55.2 Å². The fraction of sp³-hybridized carbons (Fsp3) is 0.395. The van der Waals surface area contributed by atoms with E-state index in [0.717, 1.165) is 38.9 Å². The van der Waals surface area contributed by atoms with Gasteiger partial charge in [-0.1, -0.05) is 90.5 Å². The molecule has 0 bridgehead atoms. The van der Waals surface area contributed by atoms with Crippen molar-refractivity contribution in [2.45, 2.75) is 81.6 Å². The summed E-state index contributed by atoms with van der Waals surface area (Å²) >= 11 is 6.08. The minimum Gasteiger partial charge on any atom is -0.392 e. The van der Waals surface area contributed by atoms with Crippen LogP contribution in [-0.4, -0.2) is 76.3 Å². The highest BCUT2D eigenvalue weighted by molar-refractivity contribution is 6.30. The summed E-state index contributed by atoms with van der Waals surface area (Å²) in [4.78, 5) is 27.6. The number of piperidine rings is 1. The number of amides is 2. The van der Waals surface area contributed by atoms with Crippen molar-refractivity contribution in [2.75, 3.05) is 26.2 Å². The second-order valence-corrected chi connectivity index (χ2v) is 15.3. The molecular weight excluding hydrogens is 747 g/mol. The lowest BCUT2D eigenvalue weighted by Crippen LogP contribution is -2.50. The van der Waals surface area contributed by atoms with E-state index in [1.165, 1.54) is 0 Å². The predicted molar refractivity (Wildman–Crippen MR) is 204 cm³/mol. The molecule has 3 N–H and O–H groups in total. The van der Waals surface area contributed by atoms with Crippen molar-refractivity contribution in [3.63, 3.8) is 0 Å². The SMILES string of the molecule is O=C(NCc1cccc(-c2ccc([C@@H]3O[C@H](CN4CCC(O)(c5ccc(Cl)cc5)CC4)C[C@H](c4ccc(CO)cc4)O3)cc2)c1)[C@@H]1CCCN1C(=O)C(F)(F)F. The van der Waals surface area contributed by atoms with Gasteiger partial charge in [0.05, 0.1) is 24.4 Å². The minimum absolute atomic E-state index is 0.0475. The van der Waals surface area contributed by atoms with Crippen molar-refractivity contribution in [3.05, 3.63) is 130 Å². The number of ether oxygens (including phenoxy) is 2. The monoisotopic (exact) mass is 791 g/mol. The number of hydrogen-bond acceptors (Lipinski definition) is 7. The summed E-state index contributed by atoms with van der Waals surface area (Å²) in [6, 6.07) is 29.4. The predicted octanol–water partition coefficient (Wildman–Crippen LogP) is 7.20. The van der Waals surface area contributed by atoms with Crippen molar-refractivity contribution in [1.29, 1.82) is 0 Å². The number of nitrogens with zero attached hydrogens (tertiary/aromatic N) is 2. The van der Waals surface area contributed by atoms with Gasteiger partial charge in [-0.2, -0.15) is 13.2 Å². The van der Waals surface area contributed by atoms with Crippen LogP contribution in [0.5, 0.6) is 0 Å². The zero-order valence-corrected chi connectivity index (χ0v) is 31.5. The molecule has 0 aromatic heterocycles. The molecule has 0 spiro atoms. The van der Waals surface area contributed by atoms with Crippen molar-refractivity contribution in [1.82, 2.24) is 15.1 Å². The lowest BCUT2D eigenvalue weighted by atomic mass is 9.84. The van der Waals surface area contributed by atoms with Crippen LogP contribution in [0.1, 0.15) is 72.3 Å². The molecule has 3 aliphatic rings. The maximum absolute atomic E-state index is 13.1. The van der Waals surface area contributed by atoms with Gasteiger partial charge in [0, 0.05) is 49.7 Å². The number of likely N-dealkylation sites (tertiary alicyclic amines) is 2. The molecule has 3 saturated heterocycles. The number of benzene rings is 4. The average molecular weight is 792 g/mol. The topological polar surface area (TPSA) is 112 Å². The number of carbonyl (C=O) groups excluding carboxylic acids is 2. The zero-order valence-electron chi connectivity index (χ0n) is 30.8. The van der Waals surface area contributed by atoms with Gasteiger partial charge in [-0.25, -0.2) is 0 Å². The summed E-state index contributed by atoms with van der Waals surface area (Å²) < 4.78 is 52.4. The molecule has 0 radical (unpaired) electrons. The van der Waals surface area contributed by atoms with Gasteiger partial charge in [0.1, 0.15) is 6.04 Å². The Balaban J connectivity index is 1.01. The Labute approximate surface area is 329 Å². The van der Waals surface area contributed by atoms with Crippen LogP contribution < -0.4 is 5.32 Å². The highest BCUT2D eigenvalue weighted by atomic mass is 35.5. The van der Waals surface area contributed by atoms with E-state index in [1.54, 1.807) is 12.1 Å². The lowest BCUT2D eigenvalue weighted by Gasteiger charge is -2.42. The van der Waals surface area contributed by atoms with E-state index in [4.69, 9.17) is 21.1 Å². The summed E-state index contributed by atoms with van der Waals surface area (Å²) in [5, 5.41) is 24.4. The van der Waals surface area contributed by atoms with Gasteiger partial charge < -0.3 is 34.8 Å². The third kappa shape index (κ3) is 9.28. The molecule has 2 amide bonds. The number of hydrogen-bond donors (Lipinski definition) is 3. The summed E-state index contributed by atoms with van der Waals surface area (Å²) in [5.74, 6) is -2.60. The Bertz CT molecular complexity index is 1970. The highest BCUT2D eigenvalue weighted by Gasteiger charge is 2.47. The zero-order chi connectivity index (χ0) is 39.5. The number of rotatable bonds is 10. The molecule has 296 valence electrons. The number of aliphatic hydroxyl groups excluding tert-OH is 1. The van der Waals surface area contributed by atoms with Gasteiger partial charge in [0.15, 0.2) is 6.29 Å². The lowest BCUT2D eigenvalue weighted by molar-refractivity contribution is -0.253. The van der Waals surface area contributed by atoms with Crippen LogP contribution in [0, 0.1) is 0 Å². The Morgan fingerprint density at radius 1 is 0.857 bits per heavy atom. The second kappa shape index (κ2) is 17.1. The van der Waals surface area contributed by atoms with E-state index in [2.05, 4.69) is 10.2 Å². The van der Waals surface area contributed by atoms with Crippen LogP contribution >= 0.6 is 11.6 Å². The van der Waals surface area contributed by atoms with Crippen molar-refractivity contribution >= 4 is 23.4 Å². The Morgan fingerprint density at radius 3 is 2.23 bits per heavy atom. The molecule has 0 aliphatic carbocycles. The van der Waals surface area contributed by atoms with E-state index < -0.39 is 35.9 Å². The van der Waals surface area contributed by atoms with Crippen LogP contribution in [0.25, 0.3) is 11.1 Å². The first-order valence-electron chi connectivity index (χ1n) is 18.9. The largest absolute Gasteiger partial charge is 0.471 e. The Hall–Kier alpha value is -4.30. The first-order chi connectivity index (χ1) is 26.9. The standard InChI is InChI=1S/C43H45ClF3N3O6/c44-35-16-14-34(15-17-35)42(54)18-21-49(22-19-42)26-36-24-38(31-8-6-28(27-51)7-9-31)56-40(55-36)32-12-10-30(11-13-32)33-4-1-3-29(23-33)25-48-39(52)37-5-2-20-50(37)41(53)43(45,46)47/h1,3-4,6-17,23,36-38,40,51,54H,2,5,18-22,24-27H2,(H,48,52)/t36-,37-,38+,40+/m0/s1. The van der Waals surface area contributed by atoms with Crippen molar-refractivity contribution in [3.8, 4) is 11.1 Å². The number of nitrogens with one attached hydrogen (secondary N) is 1. The number of halogens is 4. The number of aliphatic hydroxyl groups is 2. The second-order valence-electron chi connectivity index (χ2n) is 14.9. The maximum Gasteiger partial charge on any atom is 0.471 e. The Kier molecular flexibility index (Phi) is 12.2. The molecule has 3 heterocycles. The first-order valence-corrected chi connectivity index (χ1v) is 19.3. The van der Waals surface area contributed by atoms with E-state index in [9.17, 15) is 33.0 Å². The Morgan fingerprint density at radius 2 is 1.55 bits per heavy atom. The summed E-state index contributed by atoms with van der Waals surface area (Å²) in [7, 11) is 0. The van der Waals surface area contributed by atoms with Gasteiger partial charge in [0.2, 0.25) is 5.91 Å². The smallest absolute Gasteiger partial charge is 0.392 e. The summed E-state index contributed by atoms with van der Waals surface area (Å²) in [5.41, 5.74) is 5.15. The normalized spacial score (nSPS) is 22.9. The van der Waals surface area contributed by atoms with Gasteiger partial charge >= 0.3 is 12.1 Å². The molecule has 4 aromatic rings. The molecule has 0 saturated carbocycles. The third-order valence-electron chi connectivity index (χ3n) is 11.1. The number of carbonyl (C=O) groups is 2. The molecule has 13 heteroatoms. The quantitative estimate of drug-likeness (QED) is 0.156. The maximum atomic E-state index is 13.1. The van der Waals surface area contributed by atoms with Gasteiger partial charge in [-0.3, -0.25) is 9.59 Å². The molecule has 56 heavy (non-hydrogen) atoms. The van der Waals surface area contributed by atoms with Gasteiger partial charge in [-0.05, 0) is 77.3 Å². The molecular formula is C43H45ClF3N3O6. The third-order valence-corrected chi connectivity index (χ3v) is 11.4. The molecule has 4 atom stereocenters. The number of alkyl halides is 3. The van der Waals surface area contributed by atoms with E-state index in [-0.39, 0.29) is 38.3 Å². The van der Waals surface area contributed by atoms with Crippen LogP contribution in [0.4, 0.5) is 13.2 Å². The van der Waals surface area contributed by atoms with Gasteiger partial charge in [-0.15, -0.1) is 0 Å². The fourth-order valence-electron chi connectivity index (χ4n) is 7.92. The molecule has 4 aromatic carbocycles. The van der Waals surface area contributed by atoms with Crippen molar-refractivity contribution < 1.29 is 42.4 Å². The molecule has 9 nitrogen and oxygen atoms in total. The summed E-state index contributed by atoms with van der Waals surface area (Å²) in [6.07, 6.45) is -3.77. The fourth-order valence-corrected chi connectivity index (χ4v) is 8.05. The van der Waals surface area contributed by atoms with Crippen molar-refractivity contribution in [2.24, 2.45) is 0 Å². The molecule has 3 aliphatic heterocycles. The highest BCUT2D eigenvalue weighted by Crippen LogP contribution is 2.40. The van der Waals surface area contributed by atoms with E-state index >= 15 is 0 Å².